The van der Waals surface area contributed by atoms with Gasteiger partial charge in [-0.05, 0) is 24.2 Å². The Morgan fingerprint density at radius 1 is 1.43 bits per heavy atom. The van der Waals surface area contributed by atoms with Crippen LogP contribution in [0.1, 0.15) is 10.5 Å². The molecule has 0 amide bonds. The van der Waals surface area contributed by atoms with Crippen LogP contribution in [-0.2, 0) is 11.5 Å². The molecule has 0 unspecified atom stereocenters. The summed E-state index contributed by atoms with van der Waals surface area (Å²) in [7, 11) is -1.15. The van der Waals surface area contributed by atoms with E-state index in [4.69, 9.17) is 4.74 Å². The average molecular weight is 298 g/mol. The molecule has 0 saturated heterocycles. The smallest absolute Gasteiger partial charge is 0.543 e. The molecule has 21 heavy (non-hydrogen) atoms. The van der Waals surface area contributed by atoms with Crippen molar-refractivity contribution >= 4 is 25.1 Å². The van der Waals surface area contributed by atoms with Crippen LogP contribution in [0, 0.1) is 0 Å². The van der Waals surface area contributed by atoms with Crippen LogP contribution in [0.4, 0.5) is 0 Å². The van der Waals surface area contributed by atoms with Crippen LogP contribution in [0.15, 0.2) is 24.4 Å². The predicted molar refractivity (Wildman–Crippen MR) is 78.2 cm³/mol. The van der Waals surface area contributed by atoms with Gasteiger partial charge in [0.15, 0.2) is 0 Å². The first-order chi connectivity index (χ1) is 9.38. The number of rotatable bonds is 6. The van der Waals surface area contributed by atoms with Gasteiger partial charge in [-0.25, -0.2) is 4.98 Å². The van der Waals surface area contributed by atoms with Crippen molar-refractivity contribution in [1.29, 1.82) is 0 Å². The molecule has 2 aromatic rings. The van der Waals surface area contributed by atoms with E-state index in [2.05, 4.69) is 24.6 Å². The van der Waals surface area contributed by atoms with Gasteiger partial charge in [0, 0.05) is 26.3 Å². The van der Waals surface area contributed by atoms with E-state index in [1.54, 1.807) is 22.9 Å². The largest absolute Gasteiger partial charge is 1.00 e. The monoisotopic (exact) mass is 298 g/mol. The van der Waals surface area contributed by atoms with Crippen molar-refractivity contribution in [2.75, 3.05) is 6.61 Å². The second kappa shape index (κ2) is 7.27. The van der Waals surface area contributed by atoms with Crippen LogP contribution in [0.3, 0.4) is 0 Å². The summed E-state index contributed by atoms with van der Waals surface area (Å²) in [5.41, 5.74) is 0.714. The standard InChI is InChI=1S/C14H20N2O3Si.Li/c1-20(2,3)8-7-19-10-16-12(14(17)18)9-11-5-4-6-15-13(11)16;/h4-6,9H,7-8,10H2,1-3H3,(H,17,18);/q;+1/p-1. The van der Waals surface area contributed by atoms with Crippen molar-refractivity contribution in [1.82, 2.24) is 9.55 Å². The maximum atomic E-state index is 11.2. The Morgan fingerprint density at radius 2 is 2.14 bits per heavy atom. The normalized spacial score (nSPS) is 11.4. The number of carboxylic acids is 1. The molecule has 0 radical (unpaired) electrons. The summed E-state index contributed by atoms with van der Waals surface area (Å²) in [4.78, 5) is 15.4. The first-order valence-corrected chi connectivity index (χ1v) is 10.3. The van der Waals surface area contributed by atoms with E-state index < -0.39 is 14.0 Å². The van der Waals surface area contributed by atoms with E-state index in [1.807, 2.05) is 6.07 Å². The number of ether oxygens (including phenoxy) is 1. The molecule has 108 valence electrons. The van der Waals surface area contributed by atoms with Gasteiger partial charge < -0.3 is 19.2 Å². The third-order valence-corrected chi connectivity index (χ3v) is 4.79. The number of pyridine rings is 1. The molecule has 0 atom stereocenters. The molecule has 5 nitrogen and oxygen atoms in total. The number of carboxylic acid groups (broad SMARTS) is 1. The molecule has 0 aliphatic carbocycles. The van der Waals surface area contributed by atoms with Crippen LogP contribution in [0.5, 0.6) is 0 Å². The molecule has 0 spiro atoms. The summed E-state index contributed by atoms with van der Waals surface area (Å²) in [6, 6.07) is 6.21. The zero-order valence-electron chi connectivity index (χ0n) is 13.0. The fourth-order valence-electron chi connectivity index (χ4n) is 1.92. The van der Waals surface area contributed by atoms with E-state index in [9.17, 15) is 9.90 Å². The van der Waals surface area contributed by atoms with Crippen molar-refractivity contribution in [2.24, 2.45) is 0 Å². The Balaban J connectivity index is 0.00000220. The maximum absolute atomic E-state index is 11.2. The summed E-state index contributed by atoms with van der Waals surface area (Å²) in [6.45, 7) is 7.64. The Bertz CT molecular complexity index is 622. The minimum Gasteiger partial charge on any atom is -0.543 e. The SMILES string of the molecule is C[Si](C)(C)CCOCn1c(C(=O)[O-])cc2cccnc21.[Li+]. The number of carbonyl (C=O) groups is 1. The first-order valence-electron chi connectivity index (χ1n) is 6.62. The molecule has 0 aliphatic heterocycles. The predicted octanol–water partition coefficient (Wildman–Crippen LogP) is -1.28. The number of nitrogens with zero attached hydrogens (tertiary/aromatic N) is 2. The third-order valence-electron chi connectivity index (χ3n) is 3.08. The maximum Gasteiger partial charge on any atom is 1.00 e. The number of hydrogen-bond acceptors (Lipinski definition) is 4. The van der Waals surface area contributed by atoms with E-state index in [0.717, 1.165) is 11.4 Å². The number of hydrogen-bond donors (Lipinski definition) is 0. The Labute approximate surface area is 137 Å². The topological polar surface area (TPSA) is 67.2 Å². The molecule has 2 rings (SSSR count). The van der Waals surface area contributed by atoms with Crippen molar-refractivity contribution in [3.8, 4) is 0 Å². The summed E-state index contributed by atoms with van der Waals surface area (Å²) in [5, 5.41) is 12.0. The van der Waals surface area contributed by atoms with Crippen molar-refractivity contribution < 1.29 is 33.5 Å². The molecule has 0 aromatic carbocycles. The molecule has 0 fully saturated rings. The quantitative estimate of drug-likeness (QED) is 0.492. The fourth-order valence-corrected chi connectivity index (χ4v) is 2.68. The van der Waals surface area contributed by atoms with Gasteiger partial charge in [0.05, 0.1) is 11.7 Å². The number of fused-ring (bicyclic) bond motifs is 1. The second-order valence-corrected chi connectivity index (χ2v) is 11.6. The Kier molecular flexibility index (Phi) is 6.23. The van der Waals surface area contributed by atoms with E-state index in [1.165, 1.54) is 0 Å². The van der Waals surface area contributed by atoms with Crippen LogP contribution in [-0.4, -0.2) is 30.2 Å². The van der Waals surface area contributed by atoms with Gasteiger partial charge in [0.25, 0.3) is 0 Å². The third kappa shape index (κ3) is 4.72. The summed E-state index contributed by atoms with van der Waals surface area (Å²) < 4.78 is 7.17. The van der Waals surface area contributed by atoms with Gasteiger partial charge in [-0.3, -0.25) is 0 Å². The first kappa shape index (κ1) is 18.0. The van der Waals surface area contributed by atoms with Crippen LogP contribution < -0.4 is 24.0 Å². The minimum atomic E-state index is -1.21. The van der Waals surface area contributed by atoms with Gasteiger partial charge in [0.1, 0.15) is 12.4 Å². The van der Waals surface area contributed by atoms with Crippen molar-refractivity contribution in [3.63, 3.8) is 0 Å². The van der Waals surface area contributed by atoms with Gasteiger partial charge >= 0.3 is 18.9 Å². The fraction of sp³-hybridized carbons (Fsp3) is 0.429. The summed E-state index contributed by atoms with van der Waals surface area (Å²) >= 11 is 0. The van der Waals surface area contributed by atoms with Crippen LogP contribution >= 0.6 is 0 Å². The Morgan fingerprint density at radius 3 is 2.76 bits per heavy atom. The van der Waals surface area contributed by atoms with E-state index >= 15 is 0 Å². The molecular formula is C14H19LiN2O3Si. The van der Waals surface area contributed by atoms with E-state index in [0.29, 0.717) is 12.3 Å². The molecule has 2 heterocycles. The average Bonchev–Trinajstić information content (AvgIpc) is 2.72. The molecule has 0 saturated carbocycles. The summed E-state index contributed by atoms with van der Waals surface area (Å²) in [5.74, 6) is -1.21. The Hall–Kier alpha value is -1.07. The summed E-state index contributed by atoms with van der Waals surface area (Å²) in [6.07, 6.45) is 1.64. The molecule has 2 aromatic heterocycles. The van der Waals surface area contributed by atoms with Gasteiger partial charge in [-0.1, -0.05) is 19.6 Å². The zero-order chi connectivity index (χ0) is 14.8. The number of aromatic nitrogens is 2. The van der Waals surface area contributed by atoms with E-state index in [-0.39, 0.29) is 31.3 Å². The van der Waals surface area contributed by atoms with Gasteiger partial charge in [0.2, 0.25) is 0 Å². The van der Waals surface area contributed by atoms with Crippen molar-refractivity contribution in [2.45, 2.75) is 32.4 Å². The molecular weight excluding hydrogens is 279 g/mol. The molecule has 0 N–H and O–H groups in total. The molecule has 0 aliphatic rings. The molecule has 7 heteroatoms. The second-order valence-electron chi connectivity index (χ2n) is 6.01. The van der Waals surface area contributed by atoms with Crippen molar-refractivity contribution in [3.05, 3.63) is 30.1 Å². The number of aromatic carboxylic acids is 1. The van der Waals surface area contributed by atoms with Crippen LogP contribution in [0.25, 0.3) is 11.0 Å². The van der Waals surface area contributed by atoms with Gasteiger partial charge in [-0.2, -0.15) is 0 Å². The zero-order valence-corrected chi connectivity index (χ0v) is 14.0. The van der Waals surface area contributed by atoms with Crippen LogP contribution in [0.2, 0.25) is 25.7 Å². The minimum absolute atomic E-state index is 0. The molecule has 0 bridgehead atoms. The number of carbonyl (C=O) groups excluding carboxylic acids is 1. The van der Waals surface area contributed by atoms with Gasteiger partial charge in [-0.15, -0.1) is 0 Å².